The van der Waals surface area contributed by atoms with Gasteiger partial charge in [0.2, 0.25) is 5.91 Å². The number of nitrogens with one attached hydrogen (secondary N) is 1. The first-order chi connectivity index (χ1) is 8.78. The van der Waals surface area contributed by atoms with Crippen molar-refractivity contribution in [2.24, 2.45) is 0 Å². The monoisotopic (exact) mass is 271 g/mol. The highest BCUT2D eigenvalue weighted by Crippen LogP contribution is 2.27. The van der Waals surface area contributed by atoms with E-state index in [-0.39, 0.29) is 5.91 Å². The number of carbonyl (C=O) groups excluding carboxylic acids is 1. The van der Waals surface area contributed by atoms with Gasteiger partial charge in [0.25, 0.3) is 0 Å². The van der Waals surface area contributed by atoms with Crippen molar-refractivity contribution in [1.82, 2.24) is 5.32 Å². The Hall–Kier alpha value is -0.220. The van der Waals surface area contributed by atoms with Crippen LogP contribution in [0.3, 0.4) is 0 Å². The molecular weight excluding hydrogens is 246 g/mol. The summed E-state index contributed by atoms with van der Waals surface area (Å²) >= 11 is 1.94. The summed E-state index contributed by atoms with van der Waals surface area (Å²) in [6.45, 7) is 0.879. The number of hydrogen-bond donors (Lipinski definition) is 1. The lowest BCUT2D eigenvalue weighted by Crippen LogP contribution is -2.39. The maximum absolute atomic E-state index is 11.9. The fourth-order valence-electron chi connectivity index (χ4n) is 2.95. The molecule has 1 aliphatic heterocycles. The third-order valence-corrected chi connectivity index (χ3v) is 5.14. The summed E-state index contributed by atoms with van der Waals surface area (Å²) < 4.78 is 5.54. The van der Waals surface area contributed by atoms with Gasteiger partial charge in [-0.25, -0.2) is 0 Å². The summed E-state index contributed by atoms with van der Waals surface area (Å²) in [7, 11) is 0. The third-order valence-electron chi connectivity index (χ3n) is 4.04. The first-order valence-electron chi connectivity index (χ1n) is 7.21. The van der Waals surface area contributed by atoms with E-state index >= 15 is 0 Å². The Kier molecular flexibility index (Phi) is 5.83. The van der Waals surface area contributed by atoms with Gasteiger partial charge in [0.1, 0.15) is 0 Å². The Bertz CT molecular complexity index is 267. The molecule has 1 heterocycles. The van der Waals surface area contributed by atoms with Gasteiger partial charge in [-0.3, -0.25) is 4.79 Å². The smallest absolute Gasteiger partial charge is 0.220 e. The largest absolute Gasteiger partial charge is 0.378 e. The SMILES string of the molecule is CS[C@@H]1CCC[C@H](NC(=O)CC[C@@H]2CCCO2)C1. The molecule has 1 saturated heterocycles. The molecule has 0 spiro atoms. The molecule has 0 aromatic carbocycles. The van der Waals surface area contributed by atoms with E-state index in [1.165, 1.54) is 12.8 Å². The molecule has 0 aromatic heterocycles. The molecule has 1 aliphatic carbocycles. The highest BCUT2D eigenvalue weighted by atomic mass is 32.2. The zero-order valence-corrected chi connectivity index (χ0v) is 12.1. The minimum absolute atomic E-state index is 0.220. The second kappa shape index (κ2) is 7.39. The van der Waals surface area contributed by atoms with Crippen molar-refractivity contribution in [1.29, 1.82) is 0 Å². The van der Waals surface area contributed by atoms with Crippen LogP contribution in [0.15, 0.2) is 0 Å². The molecule has 1 saturated carbocycles. The predicted molar refractivity (Wildman–Crippen MR) is 75.9 cm³/mol. The Morgan fingerprint density at radius 2 is 2.22 bits per heavy atom. The molecule has 0 bridgehead atoms. The topological polar surface area (TPSA) is 38.3 Å². The number of rotatable bonds is 5. The fourth-order valence-corrected chi connectivity index (χ4v) is 3.78. The van der Waals surface area contributed by atoms with Gasteiger partial charge in [-0.05, 0) is 44.8 Å². The van der Waals surface area contributed by atoms with Crippen molar-refractivity contribution in [2.75, 3.05) is 12.9 Å². The highest BCUT2D eigenvalue weighted by molar-refractivity contribution is 7.99. The van der Waals surface area contributed by atoms with Crippen LogP contribution < -0.4 is 5.32 Å². The van der Waals surface area contributed by atoms with Gasteiger partial charge < -0.3 is 10.1 Å². The second-order valence-corrected chi connectivity index (χ2v) is 6.60. The van der Waals surface area contributed by atoms with E-state index in [1.54, 1.807) is 0 Å². The van der Waals surface area contributed by atoms with Crippen molar-refractivity contribution in [3.8, 4) is 0 Å². The summed E-state index contributed by atoms with van der Waals surface area (Å²) in [5.41, 5.74) is 0. The van der Waals surface area contributed by atoms with E-state index < -0.39 is 0 Å². The minimum atomic E-state index is 0.220. The lowest BCUT2D eigenvalue weighted by Gasteiger charge is -2.28. The van der Waals surface area contributed by atoms with Crippen LogP contribution in [0.5, 0.6) is 0 Å². The van der Waals surface area contributed by atoms with Crippen molar-refractivity contribution in [3.05, 3.63) is 0 Å². The Morgan fingerprint density at radius 3 is 2.94 bits per heavy atom. The number of ether oxygens (including phenoxy) is 1. The summed E-state index contributed by atoms with van der Waals surface area (Å²) in [5, 5.41) is 3.94. The minimum Gasteiger partial charge on any atom is -0.378 e. The van der Waals surface area contributed by atoms with Crippen LogP contribution in [0.25, 0.3) is 0 Å². The molecular formula is C14H25NO2S. The van der Waals surface area contributed by atoms with Gasteiger partial charge in [-0.2, -0.15) is 11.8 Å². The first kappa shape index (κ1) is 14.2. The summed E-state index contributed by atoms with van der Waals surface area (Å²) in [4.78, 5) is 11.9. The molecule has 3 atom stereocenters. The van der Waals surface area contributed by atoms with Gasteiger partial charge in [-0.1, -0.05) is 6.42 Å². The molecule has 2 rings (SSSR count). The number of carbonyl (C=O) groups is 1. The molecule has 0 aromatic rings. The second-order valence-electron chi connectivity index (χ2n) is 5.46. The molecule has 4 heteroatoms. The number of amides is 1. The maximum atomic E-state index is 11.9. The van der Waals surface area contributed by atoms with Crippen LogP contribution in [0.1, 0.15) is 51.4 Å². The molecule has 0 radical (unpaired) electrons. The molecule has 1 N–H and O–H groups in total. The van der Waals surface area contributed by atoms with Gasteiger partial charge >= 0.3 is 0 Å². The standard InChI is InChI=1S/C14H25NO2S/c1-18-13-6-2-4-11(10-13)15-14(16)8-7-12-5-3-9-17-12/h11-13H,2-10H2,1H3,(H,15,16)/t11-,12-,13+/m0/s1. The molecule has 0 unspecified atom stereocenters. The zero-order valence-electron chi connectivity index (χ0n) is 11.3. The molecule has 104 valence electrons. The quantitative estimate of drug-likeness (QED) is 0.835. The van der Waals surface area contributed by atoms with Gasteiger partial charge in [0.15, 0.2) is 0 Å². The Labute approximate surface area is 114 Å². The van der Waals surface area contributed by atoms with Crippen LogP contribution >= 0.6 is 11.8 Å². The molecule has 2 aliphatic rings. The molecule has 2 fully saturated rings. The molecule has 3 nitrogen and oxygen atoms in total. The molecule has 18 heavy (non-hydrogen) atoms. The van der Waals surface area contributed by atoms with Crippen LogP contribution in [-0.4, -0.2) is 36.2 Å². The van der Waals surface area contributed by atoms with Crippen molar-refractivity contribution >= 4 is 17.7 Å². The van der Waals surface area contributed by atoms with E-state index in [0.29, 0.717) is 18.6 Å². The number of thioether (sulfide) groups is 1. The van der Waals surface area contributed by atoms with E-state index in [0.717, 1.165) is 44.0 Å². The maximum Gasteiger partial charge on any atom is 0.220 e. The summed E-state index contributed by atoms with van der Waals surface area (Å²) in [6, 6.07) is 0.410. The van der Waals surface area contributed by atoms with E-state index in [4.69, 9.17) is 4.74 Å². The third kappa shape index (κ3) is 4.47. The van der Waals surface area contributed by atoms with Crippen molar-refractivity contribution in [2.45, 2.75) is 68.8 Å². The summed E-state index contributed by atoms with van der Waals surface area (Å²) in [5.74, 6) is 0.220. The lowest BCUT2D eigenvalue weighted by atomic mass is 9.95. The predicted octanol–water partition coefficient (Wildman–Crippen LogP) is 2.74. The van der Waals surface area contributed by atoms with E-state index in [1.807, 2.05) is 11.8 Å². The van der Waals surface area contributed by atoms with Crippen LogP contribution in [-0.2, 0) is 9.53 Å². The first-order valence-corrected chi connectivity index (χ1v) is 8.50. The average molecular weight is 271 g/mol. The van der Waals surface area contributed by atoms with Gasteiger partial charge in [0, 0.05) is 24.3 Å². The van der Waals surface area contributed by atoms with E-state index in [9.17, 15) is 4.79 Å². The van der Waals surface area contributed by atoms with Crippen LogP contribution in [0.2, 0.25) is 0 Å². The number of hydrogen-bond acceptors (Lipinski definition) is 3. The molecule has 1 amide bonds. The Morgan fingerprint density at radius 1 is 1.33 bits per heavy atom. The van der Waals surface area contributed by atoms with Gasteiger partial charge in [0.05, 0.1) is 6.10 Å². The van der Waals surface area contributed by atoms with Crippen molar-refractivity contribution in [3.63, 3.8) is 0 Å². The summed E-state index contributed by atoms with van der Waals surface area (Å²) in [6.07, 6.45) is 11.2. The zero-order chi connectivity index (χ0) is 12.8. The Balaban J connectivity index is 1.63. The van der Waals surface area contributed by atoms with E-state index in [2.05, 4.69) is 11.6 Å². The average Bonchev–Trinajstić information content (AvgIpc) is 2.90. The van der Waals surface area contributed by atoms with Crippen molar-refractivity contribution < 1.29 is 9.53 Å². The normalized spacial score (nSPS) is 32.4. The highest BCUT2D eigenvalue weighted by Gasteiger charge is 2.23. The van der Waals surface area contributed by atoms with Crippen LogP contribution in [0, 0.1) is 0 Å². The van der Waals surface area contributed by atoms with Gasteiger partial charge in [-0.15, -0.1) is 0 Å². The lowest BCUT2D eigenvalue weighted by molar-refractivity contribution is -0.122. The fraction of sp³-hybridized carbons (Fsp3) is 0.929. The van der Waals surface area contributed by atoms with Crippen LogP contribution in [0.4, 0.5) is 0 Å².